The monoisotopic (exact) mass is 206 g/mol. The van der Waals surface area contributed by atoms with Crippen molar-refractivity contribution in [2.45, 2.75) is 26.2 Å². The van der Waals surface area contributed by atoms with Crippen LogP contribution in [0.4, 0.5) is 0 Å². The van der Waals surface area contributed by atoms with Crippen molar-refractivity contribution in [3.05, 3.63) is 35.4 Å². The number of methoxy groups -OCH3 is 1. The zero-order valence-corrected chi connectivity index (χ0v) is 9.83. The van der Waals surface area contributed by atoms with Crippen molar-refractivity contribution in [1.29, 1.82) is 0 Å². The summed E-state index contributed by atoms with van der Waals surface area (Å²) < 4.78 is 5.18. The number of rotatable bonds is 4. The Labute approximate surface area is 91.3 Å². The third-order valence-corrected chi connectivity index (χ3v) is 2.56. The molecule has 0 spiro atoms. The van der Waals surface area contributed by atoms with Gasteiger partial charge in [0.2, 0.25) is 0 Å². The lowest BCUT2D eigenvalue weighted by Crippen LogP contribution is -2.23. The van der Waals surface area contributed by atoms with Crippen molar-refractivity contribution in [2.75, 3.05) is 13.7 Å². The number of ketones is 1. The van der Waals surface area contributed by atoms with Gasteiger partial charge < -0.3 is 4.74 Å². The summed E-state index contributed by atoms with van der Waals surface area (Å²) in [4.78, 5) is 11.3. The minimum absolute atomic E-state index is 0.0553. The Balaban J connectivity index is 3.04. The second kappa shape index (κ2) is 4.58. The molecule has 0 bridgehead atoms. The lowest BCUT2D eigenvalue weighted by Gasteiger charge is -2.24. The number of carbonyl (C=O) groups excluding carboxylic acids is 1. The molecule has 0 atom stereocenters. The summed E-state index contributed by atoms with van der Waals surface area (Å²) in [6.45, 7) is 6.45. The van der Waals surface area contributed by atoms with E-state index in [-0.39, 0.29) is 11.2 Å². The second-order valence-electron chi connectivity index (χ2n) is 4.45. The summed E-state index contributed by atoms with van der Waals surface area (Å²) in [5.74, 6) is 0.102. The van der Waals surface area contributed by atoms with E-state index in [1.165, 1.54) is 0 Å². The molecule has 0 amide bonds. The third kappa shape index (κ3) is 2.90. The normalized spacial score (nSPS) is 11.5. The maximum atomic E-state index is 11.3. The fourth-order valence-corrected chi connectivity index (χ4v) is 1.60. The van der Waals surface area contributed by atoms with Crippen LogP contribution in [0, 0.1) is 0 Å². The minimum Gasteiger partial charge on any atom is -0.384 e. The van der Waals surface area contributed by atoms with Gasteiger partial charge in [0.15, 0.2) is 5.78 Å². The van der Waals surface area contributed by atoms with Crippen LogP contribution in [-0.2, 0) is 10.2 Å². The number of Topliss-reactive ketones (excluding diaryl/α,β-unsaturated/α-hetero) is 1. The van der Waals surface area contributed by atoms with E-state index in [1.807, 2.05) is 24.3 Å². The van der Waals surface area contributed by atoms with Crippen LogP contribution in [0.15, 0.2) is 24.3 Å². The summed E-state index contributed by atoms with van der Waals surface area (Å²) in [6.07, 6.45) is 0. The van der Waals surface area contributed by atoms with Crippen LogP contribution >= 0.6 is 0 Å². The first-order valence-electron chi connectivity index (χ1n) is 5.08. The van der Waals surface area contributed by atoms with E-state index < -0.39 is 0 Å². The minimum atomic E-state index is -0.0553. The van der Waals surface area contributed by atoms with Crippen LogP contribution < -0.4 is 0 Å². The number of ether oxygens (including phenoxy) is 1. The molecule has 82 valence electrons. The highest BCUT2D eigenvalue weighted by Crippen LogP contribution is 2.24. The molecule has 2 heteroatoms. The van der Waals surface area contributed by atoms with Gasteiger partial charge in [-0.05, 0) is 18.6 Å². The third-order valence-electron chi connectivity index (χ3n) is 2.56. The van der Waals surface area contributed by atoms with E-state index in [0.29, 0.717) is 6.61 Å². The van der Waals surface area contributed by atoms with E-state index in [9.17, 15) is 4.79 Å². The second-order valence-corrected chi connectivity index (χ2v) is 4.45. The standard InChI is InChI=1S/C13H18O2/c1-10(14)11-6-5-7-12(8-11)13(2,3)9-15-4/h5-8H,9H2,1-4H3. The van der Waals surface area contributed by atoms with Crippen molar-refractivity contribution < 1.29 is 9.53 Å². The van der Waals surface area contributed by atoms with Gasteiger partial charge in [-0.25, -0.2) is 0 Å². The highest BCUT2D eigenvalue weighted by atomic mass is 16.5. The molecule has 1 aromatic rings. The Morgan fingerprint density at radius 1 is 1.40 bits per heavy atom. The average Bonchev–Trinajstić information content (AvgIpc) is 2.18. The molecule has 0 saturated heterocycles. The topological polar surface area (TPSA) is 26.3 Å². The van der Waals surface area contributed by atoms with Gasteiger partial charge in [-0.2, -0.15) is 0 Å². The van der Waals surface area contributed by atoms with Crippen molar-refractivity contribution in [3.63, 3.8) is 0 Å². The first-order chi connectivity index (χ1) is 6.97. The van der Waals surface area contributed by atoms with Crippen LogP contribution in [0.2, 0.25) is 0 Å². The van der Waals surface area contributed by atoms with Crippen LogP contribution in [0.1, 0.15) is 36.7 Å². The molecular formula is C13H18O2. The van der Waals surface area contributed by atoms with E-state index in [4.69, 9.17) is 4.74 Å². The summed E-state index contributed by atoms with van der Waals surface area (Å²) in [6, 6.07) is 7.74. The molecule has 0 aliphatic rings. The summed E-state index contributed by atoms with van der Waals surface area (Å²) >= 11 is 0. The van der Waals surface area contributed by atoms with Gasteiger partial charge in [0, 0.05) is 18.1 Å². The summed E-state index contributed by atoms with van der Waals surface area (Å²) in [5, 5.41) is 0. The van der Waals surface area contributed by atoms with Crippen LogP contribution in [0.3, 0.4) is 0 Å². The maximum Gasteiger partial charge on any atom is 0.159 e. The highest BCUT2D eigenvalue weighted by molar-refractivity contribution is 5.94. The number of hydrogen-bond acceptors (Lipinski definition) is 2. The van der Waals surface area contributed by atoms with E-state index in [1.54, 1.807) is 14.0 Å². The lowest BCUT2D eigenvalue weighted by atomic mass is 9.84. The first kappa shape index (κ1) is 11.9. The fraction of sp³-hybridized carbons (Fsp3) is 0.462. The number of carbonyl (C=O) groups is 1. The Morgan fingerprint density at radius 3 is 2.60 bits per heavy atom. The zero-order chi connectivity index (χ0) is 11.5. The Hall–Kier alpha value is -1.15. The molecule has 0 radical (unpaired) electrons. The molecule has 0 unspecified atom stereocenters. The predicted molar refractivity (Wildman–Crippen MR) is 61.3 cm³/mol. The van der Waals surface area contributed by atoms with Gasteiger partial charge in [-0.3, -0.25) is 4.79 Å². The van der Waals surface area contributed by atoms with Gasteiger partial charge in [0.1, 0.15) is 0 Å². The van der Waals surface area contributed by atoms with Crippen LogP contribution in [-0.4, -0.2) is 19.5 Å². The number of benzene rings is 1. The summed E-state index contributed by atoms with van der Waals surface area (Å²) in [7, 11) is 1.69. The smallest absolute Gasteiger partial charge is 0.159 e. The molecule has 2 nitrogen and oxygen atoms in total. The van der Waals surface area contributed by atoms with Crippen molar-refractivity contribution in [1.82, 2.24) is 0 Å². The molecule has 0 aliphatic heterocycles. The maximum absolute atomic E-state index is 11.3. The van der Waals surface area contributed by atoms with Gasteiger partial charge in [-0.1, -0.05) is 32.0 Å². The van der Waals surface area contributed by atoms with Gasteiger partial charge in [0.25, 0.3) is 0 Å². The van der Waals surface area contributed by atoms with Gasteiger partial charge in [-0.15, -0.1) is 0 Å². The summed E-state index contributed by atoms with van der Waals surface area (Å²) in [5.41, 5.74) is 1.84. The molecule has 0 saturated carbocycles. The highest BCUT2D eigenvalue weighted by Gasteiger charge is 2.20. The van der Waals surface area contributed by atoms with Crippen molar-refractivity contribution in [3.8, 4) is 0 Å². The fourth-order valence-electron chi connectivity index (χ4n) is 1.60. The van der Waals surface area contributed by atoms with Gasteiger partial charge in [0.05, 0.1) is 6.61 Å². The number of hydrogen-bond donors (Lipinski definition) is 0. The molecule has 0 aromatic heterocycles. The van der Waals surface area contributed by atoms with Crippen molar-refractivity contribution >= 4 is 5.78 Å². The molecule has 15 heavy (non-hydrogen) atoms. The average molecular weight is 206 g/mol. The SMILES string of the molecule is COCC(C)(C)c1cccc(C(C)=O)c1. The predicted octanol–water partition coefficient (Wildman–Crippen LogP) is 2.81. The van der Waals surface area contributed by atoms with E-state index in [0.717, 1.165) is 11.1 Å². The zero-order valence-electron chi connectivity index (χ0n) is 9.83. The first-order valence-corrected chi connectivity index (χ1v) is 5.08. The Morgan fingerprint density at radius 2 is 2.07 bits per heavy atom. The molecule has 1 aromatic carbocycles. The Kier molecular flexibility index (Phi) is 3.64. The molecule has 0 aliphatic carbocycles. The van der Waals surface area contributed by atoms with E-state index in [2.05, 4.69) is 13.8 Å². The molecule has 0 heterocycles. The van der Waals surface area contributed by atoms with Gasteiger partial charge >= 0.3 is 0 Å². The van der Waals surface area contributed by atoms with Crippen LogP contribution in [0.25, 0.3) is 0 Å². The molecule has 0 fully saturated rings. The van der Waals surface area contributed by atoms with Crippen LogP contribution in [0.5, 0.6) is 0 Å². The van der Waals surface area contributed by atoms with Crippen molar-refractivity contribution in [2.24, 2.45) is 0 Å². The quantitative estimate of drug-likeness (QED) is 0.708. The largest absolute Gasteiger partial charge is 0.384 e. The Bertz CT molecular complexity index is 353. The molecular weight excluding hydrogens is 188 g/mol. The molecule has 1 rings (SSSR count). The molecule has 0 N–H and O–H groups in total. The van der Waals surface area contributed by atoms with E-state index >= 15 is 0 Å². The lowest BCUT2D eigenvalue weighted by molar-refractivity contribution is 0.101.